The van der Waals surface area contributed by atoms with E-state index in [0.29, 0.717) is 11.2 Å². The fraction of sp³-hybridized carbons (Fsp3) is 0.615. The van der Waals surface area contributed by atoms with E-state index >= 15 is 0 Å². The van der Waals surface area contributed by atoms with Crippen molar-refractivity contribution in [2.24, 2.45) is 0 Å². The minimum atomic E-state index is -3.19. The topological polar surface area (TPSA) is 135 Å². The standard InChI is InChI=1S/C13H22N5O5P/c1-3-21-24(20,22-4-2)6-5-10(7-19)23-18-9-17-11-12(14)15-8-16-13(11)18/h8-10,19H,3-7H2,1-2H3,(H2,14,15,16). The molecule has 0 aliphatic rings. The molecule has 2 aromatic heterocycles. The molecule has 0 aromatic carbocycles. The second kappa shape index (κ2) is 8.39. The van der Waals surface area contributed by atoms with Crippen LogP contribution in [0.4, 0.5) is 5.82 Å². The summed E-state index contributed by atoms with van der Waals surface area (Å²) in [7, 11) is -3.19. The van der Waals surface area contributed by atoms with Gasteiger partial charge in [-0.25, -0.2) is 15.0 Å². The molecule has 10 nitrogen and oxygen atoms in total. The number of nitrogens with two attached hydrogens (primary N) is 1. The van der Waals surface area contributed by atoms with Gasteiger partial charge in [-0.1, -0.05) is 0 Å². The number of hydrogen-bond acceptors (Lipinski definition) is 9. The molecule has 2 aromatic rings. The van der Waals surface area contributed by atoms with Crippen LogP contribution in [0.3, 0.4) is 0 Å². The average Bonchev–Trinajstić information content (AvgIpc) is 2.96. The van der Waals surface area contributed by atoms with Gasteiger partial charge >= 0.3 is 7.60 Å². The van der Waals surface area contributed by atoms with Crippen LogP contribution in [-0.4, -0.2) is 56.9 Å². The highest BCUT2D eigenvalue weighted by atomic mass is 31.2. The molecule has 2 rings (SSSR count). The van der Waals surface area contributed by atoms with Gasteiger partial charge in [0.25, 0.3) is 0 Å². The lowest BCUT2D eigenvalue weighted by Gasteiger charge is -2.20. The van der Waals surface area contributed by atoms with Crippen LogP contribution in [0.2, 0.25) is 0 Å². The van der Waals surface area contributed by atoms with Gasteiger partial charge < -0.3 is 24.7 Å². The lowest BCUT2D eigenvalue weighted by Crippen LogP contribution is -2.29. The Hall–Kier alpha value is -1.74. The minimum absolute atomic E-state index is 0.129. The van der Waals surface area contributed by atoms with Crippen molar-refractivity contribution in [1.82, 2.24) is 19.7 Å². The highest BCUT2D eigenvalue weighted by Crippen LogP contribution is 2.48. The van der Waals surface area contributed by atoms with E-state index in [1.807, 2.05) is 0 Å². The highest BCUT2D eigenvalue weighted by Gasteiger charge is 2.26. The molecule has 2 heterocycles. The van der Waals surface area contributed by atoms with Crippen LogP contribution < -0.4 is 10.6 Å². The molecule has 0 aliphatic carbocycles. The molecule has 1 atom stereocenters. The van der Waals surface area contributed by atoms with E-state index < -0.39 is 13.7 Å². The average molecular weight is 359 g/mol. The second-order valence-electron chi connectivity index (χ2n) is 4.87. The number of aromatic nitrogens is 4. The molecule has 0 aliphatic heterocycles. The SMILES string of the molecule is CCOP(=O)(CCC(CO)On1cnc2c(N)ncnc21)OCC. The monoisotopic (exact) mass is 359 g/mol. The Morgan fingerprint density at radius 1 is 1.29 bits per heavy atom. The molecule has 0 spiro atoms. The van der Waals surface area contributed by atoms with Crippen LogP contribution >= 0.6 is 7.60 Å². The first-order valence-corrected chi connectivity index (χ1v) is 9.35. The first kappa shape index (κ1) is 18.6. The molecule has 3 N–H and O–H groups in total. The van der Waals surface area contributed by atoms with Crippen LogP contribution in [0.5, 0.6) is 0 Å². The Kier molecular flexibility index (Phi) is 6.50. The summed E-state index contributed by atoms with van der Waals surface area (Å²) in [6, 6.07) is 0. The van der Waals surface area contributed by atoms with Gasteiger partial charge in [-0.15, -0.1) is 0 Å². The van der Waals surface area contributed by atoms with E-state index in [1.54, 1.807) is 13.8 Å². The van der Waals surface area contributed by atoms with Crippen molar-refractivity contribution >= 4 is 24.6 Å². The van der Waals surface area contributed by atoms with Gasteiger partial charge in [-0.05, 0) is 13.8 Å². The normalized spacial score (nSPS) is 13.3. The Labute approximate surface area is 139 Å². The molecule has 0 saturated heterocycles. The summed E-state index contributed by atoms with van der Waals surface area (Å²) in [5, 5.41) is 9.52. The van der Waals surface area contributed by atoms with Crippen molar-refractivity contribution in [3.05, 3.63) is 12.7 Å². The van der Waals surface area contributed by atoms with Gasteiger partial charge in [0.05, 0.1) is 26.0 Å². The maximum Gasteiger partial charge on any atom is 0.330 e. The molecule has 134 valence electrons. The van der Waals surface area contributed by atoms with Gasteiger partial charge in [0.2, 0.25) is 5.65 Å². The van der Waals surface area contributed by atoms with Gasteiger partial charge in [-0.2, -0.15) is 4.73 Å². The van der Waals surface area contributed by atoms with E-state index in [0.717, 1.165) is 0 Å². The molecule has 0 bridgehead atoms. The first-order valence-electron chi connectivity index (χ1n) is 7.62. The Bertz CT molecular complexity index is 699. The van der Waals surface area contributed by atoms with Crippen LogP contribution in [0.15, 0.2) is 12.7 Å². The van der Waals surface area contributed by atoms with Crippen molar-refractivity contribution in [3.63, 3.8) is 0 Å². The van der Waals surface area contributed by atoms with Gasteiger partial charge in [-0.3, -0.25) is 4.57 Å². The predicted molar refractivity (Wildman–Crippen MR) is 87.5 cm³/mol. The molecule has 0 saturated carbocycles. The number of rotatable bonds is 10. The molecule has 0 fully saturated rings. The second-order valence-corrected chi connectivity index (χ2v) is 7.06. The zero-order valence-corrected chi connectivity index (χ0v) is 14.6. The number of nitrogen functional groups attached to an aromatic ring is 1. The summed E-state index contributed by atoms with van der Waals surface area (Å²) in [4.78, 5) is 17.6. The largest absolute Gasteiger partial charge is 0.405 e. The van der Waals surface area contributed by atoms with Crippen LogP contribution in [-0.2, 0) is 13.6 Å². The number of aliphatic hydroxyl groups is 1. The molecule has 11 heteroatoms. The van der Waals surface area contributed by atoms with Crippen molar-refractivity contribution in [1.29, 1.82) is 0 Å². The molecular weight excluding hydrogens is 337 g/mol. The van der Waals surface area contributed by atoms with Gasteiger partial charge in [0, 0.05) is 6.42 Å². The van der Waals surface area contributed by atoms with Crippen molar-refractivity contribution < 1.29 is 23.6 Å². The minimum Gasteiger partial charge on any atom is -0.405 e. The number of nitrogens with zero attached hydrogens (tertiary/aromatic N) is 4. The smallest absolute Gasteiger partial charge is 0.330 e. The summed E-state index contributed by atoms with van der Waals surface area (Å²) in [6.07, 6.45) is 2.46. The molecule has 0 radical (unpaired) electrons. The van der Waals surface area contributed by atoms with Crippen LogP contribution in [0.25, 0.3) is 11.2 Å². The fourth-order valence-corrected chi connectivity index (χ4v) is 3.83. The van der Waals surface area contributed by atoms with E-state index in [4.69, 9.17) is 19.6 Å². The van der Waals surface area contributed by atoms with E-state index in [9.17, 15) is 9.67 Å². The number of hydrogen-bond donors (Lipinski definition) is 2. The summed E-state index contributed by atoms with van der Waals surface area (Å²) in [5.41, 5.74) is 6.51. The quantitative estimate of drug-likeness (QED) is 0.592. The maximum absolute atomic E-state index is 12.5. The number of anilines is 1. The Morgan fingerprint density at radius 2 is 2.00 bits per heavy atom. The summed E-state index contributed by atoms with van der Waals surface area (Å²) in [6.45, 7) is 3.77. The third-order valence-corrected chi connectivity index (χ3v) is 5.28. The van der Waals surface area contributed by atoms with Crippen LogP contribution in [0, 0.1) is 0 Å². The Morgan fingerprint density at radius 3 is 2.62 bits per heavy atom. The van der Waals surface area contributed by atoms with Crippen molar-refractivity contribution in [3.8, 4) is 0 Å². The Balaban J connectivity index is 2.06. The fourth-order valence-electron chi connectivity index (χ4n) is 2.11. The molecule has 0 amide bonds. The zero-order valence-electron chi connectivity index (χ0n) is 13.7. The summed E-state index contributed by atoms with van der Waals surface area (Å²) in [5.74, 6) is 0.236. The molecular formula is C13H22N5O5P. The van der Waals surface area contributed by atoms with E-state index in [-0.39, 0.29) is 38.2 Å². The highest BCUT2D eigenvalue weighted by molar-refractivity contribution is 7.53. The summed E-state index contributed by atoms with van der Waals surface area (Å²) >= 11 is 0. The lowest BCUT2D eigenvalue weighted by atomic mass is 10.3. The number of aliphatic hydroxyl groups excluding tert-OH is 1. The summed E-state index contributed by atoms with van der Waals surface area (Å²) < 4.78 is 24.2. The van der Waals surface area contributed by atoms with Gasteiger partial charge in [0.15, 0.2) is 11.3 Å². The van der Waals surface area contributed by atoms with E-state index in [1.165, 1.54) is 17.4 Å². The first-order chi connectivity index (χ1) is 11.5. The zero-order chi connectivity index (χ0) is 17.6. The molecule has 1 unspecified atom stereocenters. The third-order valence-electron chi connectivity index (χ3n) is 3.17. The molecule has 24 heavy (non-hydrogen) atoms. The predicted octanol–water partition coefficient (Wildman–Crippen LogP) is 0.854. The van der Waals surface area contributed by atoms with Gasteiger partial charge in [0.1, 0.15) is 18.8 Å². The third kappa shape index (κ3) is 4.41. The van der Waals surface area contributed by atoms with Crippen molar-refractivity contribution in [2.45, 2.75) is 26.4 Å². The number of fused-ring (bicyclic) bond motifs is 1. The van der Waals surface area contributed by atoms with E-state index in [2.05, 4.69) is 15.0 Å². The number of imidazole rings is 1. The maximum atomic E-state index is 12.5. The lowest BCUT2D eigenvalue weighted by molar-refractivity contribution is 0.00403. The van der Waals surface area contributed by atoms with Crippen molar-refractivity contribution in [2.75, 3.05) is 31.7 Å². The van der Waals surface area contributed by atoms with Crippen LogP contribution in [0.1, 0.15) is 20.3 Å².